The maximum absolute atomic E-state index is 10.7. The minimum absolute atomic E-state index is 0.132. The Morgan fingerprint density at radius 3 is 2.43 bits per heavy atom. The van der Waals surface area contributed by atoms with Crippen molar-refractivity contribution in [3.63, 3.8) is 0 Å². The highest BCUT2D eigenvalue weighted by Gasteiger charge is 2.14. The lowest BCUT2D eigenvalue weighted by molar-refractivity contribution is -0.561. The molecule has 0 bridgehead atoms. The Morgan fingerprint density at radius 2 is 2.00 bits per heavy atom. The van der Waals surface area contributed by atoms with Gasteiger partial charge >= 0.3 is 5.70 Å². The van der Waals surface area contributed by atoms with Gasteiger partial charge in [-0.2, -0.15) is 0 Å². The van der Waals surface area contributed by atoms with E-state index in [1.807, 2.05) is 19.1 Å². The smallest absolute Gasteiger partial charge is 0.317 e. The molecule has 1 aromatic rings. The third-order valence-corrected chi connectivity index (χ3v) is 1.87. The van der Waals surface area contributed by atoms with Crippen molar-refractivity contribution in [2.75, 3.05) is 7.05 Å². The summed E-state index contributed by atoms with van der Waals surface area (Å²) >= 11 is 0. The number of hydrogen-bond acceptors (Lipinski definition) is 2. The largest absolute Gasteiger partial charge is 0.328 e. The summed E-state index contributed by atoms with van der Waals surface area (Å²) < 4.78 is 0. The van der Waals surface area contributed by atoms with E-state index in [0.717, 1.165) is 5.56 Å². The molecule has 14 heavy (non-hydrogen) atoms. The van der Waals surface area contributed by atoms with Gasteiger partial charge in [0, 0.05) is 0 Å². The Hall–Kier alpha value is -1.68. The maximum Gasteiger partial charge on any atom is 0.328 e. The van der Waals surface area contributed by atoms with Crippen LogP contribution >= 0.6 is 0 Å². The monoisotopic (exact) mass is 193 g/mol. The van der Waals surface area contributed by atoms with E-state index in [0.29, 0.717) is 5.56 Å². The molecule has 0 aromatic heterocycles. The lowest BCUT2D eigenvalue weighted by atomic mass is 10.1. The number of quaternary nitrogens is 1. The van der Waals surface area contributed by atoms with Crippen LogP contribution in [0.4, 0.5) is 0 Å². The number of aryl methyl sites for hydroxylation is 1. The molecule has 0 atom stereocenters. The number of benzene rings is 1. The number of nitro groups is 1. The fourth-order valence-corrected chi connectivity index (χ4v) is 1.14. The first-order valence-electron chi connectivity index (χ1n) is 4.36. The van der Waals surface area contributed by atoms with Crippen LogP contribution in [0.5, 0.6) is 0 Å². The summed E-state index contributed by atoms with van der Waals surface area (Å²) in [5, 5.41) is 12.4. The molecule has 0 unspecified atom stereocenters. The van der Waals surface area contributed by atoms with Crippen molar-refractivity contribution in [2.45, 2.75) is 6.92 Å². The Kier molecular flexibility index (Phi) is 3.36. The van der Waals surface area contributed by atoms with Gasteiger partial charge in [0.1, 0.15) is 0 Å². The van der Waals surface area contributed by atoms with Gasteiger partial charge in [-0.15, -0.1) is 0 Å². The molecule has 74 valence electrons. The molecule has 1 aromatic carbocycles. The molecule has 0 aliphatic rings. The lowest BCUT2D eigenvalue weighted by Crippen LogP contribution is -2.73. The Morgan fingerprint density at radius 1 is 1.43 bits per heavy atom. The average molecular weight is 193 g/mol. The molecule has 0 heterocycles. The molecule has 0 radical (unpaired) electrons. The molecule has 0 saturated heterocycles. The molecule has 0 spiro atoms. The van der Waals surface area contributed by atoms with Crippen LogP contribution in [0.2, 0.25) is 0 Å². The van der Waals surface area contributed by atoms with Gasteiger partial charge in [0.15, 0.2) is 6.20 Å². The standard InChI is InChI=1S/C10H12N2O2/c1-8-3-5-9(6-4-8)10(7-11-2)12(13)14/h3-7,11H,1-2H3/p+1/b10-7-. The molecule has 1 rings (SSSR count). The molecular formula is C10H13N2O2+. The number of nitrogens with two attached hydrogens (primary N) is 1. The summed E-state index contributed by atoms with van der Waals surface area (Å²) in [4.78, 5) is 10.3. The van der Waals surface area contributed by atoms with Crippen molar-refractivity contribution in [1.82, 2.24) is 0 Å². The minimum Gasteiger partial charge on any atom is -0.317 e. The molecule has 2 N–H and O–H groups in total. The van der Waals surface area contributed by atoms with Crippen molar-refractivity contribution in [3.8, 4) is 0 Å². The number of rotatable bonds is 3. The van der Waals surface area contributed by atoms with E-state index in [1.54, 1.807) is 24.5 Å². The first-order chi connectivity index (χ1) is 6.65. The molecule has 0 aliphatic carbocycles. The third-order valence-electron chi connectivity index (χ3n) is 1.87. The lowest BCUT2D eigenvalue weighted by Gasteiger charge is -1.97. The van der Waals surface area contributed by atoms with Crippen LogP contribution < -0.4 is 5.32 Å². The summed E-state index contributed by atoms with van der Waals surface area (Å²) in [6.07, 6.45) is 1.50. The van der Waals surface area contributed by atoms with E-state index in [9.17, 15) is 10.1 Å². The maximum atomic E-state index is 10.7. The fourth-order valence-electron chi connectivity index (χ4n) is 1.14. The quantitative estimate of drug-likeness (QED) is 0.569. The van der Waals surface area contributed by atoms with Gasteiger partial charge in [0.25, 0.3) is 0 Å². The topological polar surface area (TPSA) is 59.8 Å². The summed E-state index contributed by atoms with van der Waals surface area (Å²) in [6, 6.07) is 7.24. The zero-order chi connectivity index (χ0) is 10.6. The molecular weight excluding hydrogens is 180 g/mol. The summed E-state index contributed by atoms with van der Waals surface area (Å²) in [6.45, 7) is 1.95. The second-order valence-corrected chi connectivity index (χ2v) is 3.01. The molecule has 0 aliphatic heterocycles. The van der Waals surface area contributed by atoms with E-state index >= 15 is 0 Å². The van der Waals surface area contributed by atoms with Crippen LogP contribution in [-0.4, -0.2) is 12.0 Å². The van der Waals surface area contributed by atoms with Crippen LogP contribution in [0.15, 0.2) is 30.5 Å². The molecule has 4 nitrogen and oxygen atoms in total. The minimum atomic E-state index is -0.370. The Labute approximate surface area is 82.4 Å². The first kappa shape index (κ1) is 10.4. The summed E-state index contributed by atoms with van der Waals surface area (Å²) in [5.41, 5.74) is 1.86. The van der Waals surface area contributed by atoms with Gasteiger partial charge in [-0.3, -0.25) is 10.1 Å². The van der Waals surface area contributed by atoms with Crippen LogP contribution in [0.25, 0.3) is 5.70 Å². The predicted octanol–water partition coefficient (Wildman–Crippen LogP) is 0.763. The second kappa shape index (κ2) is 4.53. The normalized spacial score (nSPS) is 11.4. The molecule has 0 saturated carbocycles. The number of hydrogen-bond donors (Lipinski definition) is 1. The summed E-state index contributed by atoms with van der Waals surface area (Å²) in [5.74, 6) is 0. The molecule has 0 amide bonds. The van der Waals surface area contributed by atoms with E-state index < -0.39 is 0 Å². The highest BCUT2D eigenvalue weighted by atomic mass is 16.6. The van der Waals surface area contributed by atoms with Crippen LogP contribution in [0.1, 0.15) is 11.1 Å². The SMILES string of the molecule is C[NH2+]/C=C(/c1ccc(C)cc1)[N+](=O)[O-]. The Bertz CT molecular complexity index is 355. The average Bonchev–Trinajstić information content (AvgIpc) is 2.15. The fraction of sp³-hybridized carbons (Fsp3) is 0.200. The van der Waals surface area contributed by atoms with Crippen LogP contribution in [0, 0.1) is 17.0 Å². The number of nitrogens with zero attached hydrogens (tertiary/aromatic N) is 1. The van der Waals surface area contributed by atoms with Crippen molar-refractivity contribution in [1.29, 1.82) is 0 Å². The van der Waals surface area contributed by atoms with Crippen molar-refractivity contribution >= 4 is 5.70 Å². The Balaban J connectivity index is 3.06. The van der Waals surface area contributed by atoms with Crippen molar-refractivity contribution < 1.29 is 10.2 Å². The van der Waals surface area contributed by atoms with Gasteiger partial charge < -0.3 is 5.32 Å². The van der Waals surface area contributed by atoms with Gasteiger partial charge in [-0.25, -0.2) is 0 Å². The third kappa shape index (κ3) is 2.40. The summed E-state index contributed by atoms with van der Waals surface area (Å²) in [7, 11) is 1.76. The highest BCUT2D eigenvalue weighted by Crippen LogP contribution is 2.13. The van der Waals surface area contributed by atoms with E-state index in [1.165, 1.54) is 6.20 Å². The first-order valence-corrected chi connectivity index (χ1v) is 4.36. The molecule has 0 fully saturated rings. The van der Waals surface area contributed by atoms with E-state index in [4.69, 9.17) is 0 Å². The van der Waals surface area contributed by atoms with Gasteiger partial charge in [-0.1, -0.05) is 17.7 Å². The van der Waals surface area contributed by atoms with Crippen LogP contribution in [-0.2, 0) is 0 Å². The van der Waals surface area contributed by atoms with Gasteiger partial charge in [-0.05, 0) is 19.1 Å². The van der Waals surface area contributed by atoms with Gasteiger partial charge in [0.05, 0.1) is 17.5 Å². The van der Waals surface area contributed by atoms with Crippen molar-refractivity contribution in [2.24, 2.45) is 0 Å². The zero-order valence-corrected chi connectivity index (χ0v) is 8.23. The molecule has 4 heteroatoms. The highest BCUT2D eigenvalue weighted by molar-refractivity contribution is 5.57. The van der Waals surface area contributed by atoms with Crippen molar-refractivity contribution in [3.05, 3.63) is 51.7 Å². The predicted molar refractivity (Wildman–Crippen MR) is 54.0 cm³/mol. The van der Waals surface area contributed by atoms with E-state index in [2.05, 4.69) is 0 Å². The van der Waals surface area contributed by atoms with Gasteiger partial charge in [0.2, 0.25) is 0 Å². The zero-order valence-electron chi connectivity index (χ0n) is 8.23. The second-order valence-electron chi connectivity index (χ2n) is 3.01. The van der Waals surface area contributed by atoms with E-state index in [-0.39, 0.29) is 10.6 Å². The van der Waals surface area contributed by atoms with Crippen LogP contribution in [0.3, 0.4) is 0 Å².